The van der Waals surface area contributed by atoms with Gasteiger partial charge in [0.1, 0.15) is 5.82 Å². The Kier molecular flexibility index (Phi) is 5.23. The van der Waals surface area contributed by atoms with Crippen molar-refractivity contribution in [3.8, 4) is 10.4 Å². The molecule has 2 aromatic rings. The van der Waals surface area contributed by atoms with Crippen LogP contribution in [-0.2, 0) is 0 Å². The summed E-state index contributed by atoms with van der Waals surface area (Å²) in [5, 5.41) is 0. The number of benzene rings is 1. The van der Waals surface area contributed by atoms with E-state index < -0.39 is 5.82 Å². The van der Waals surface area contributed by atoms with E-state index >= 15 is 0 Å². The van der Waals surface area contributed by atoms with E-state index in [1.54, 1.807) is 23.5 Å². The Labute approximate surface area is 111 Å². The number of ketones is 1. The van der Waals surface area contributed by atoms with Crippen molar-refractivity contribution >= 4 is 17.1 Å². The van der Waals surface area contributed by atoms with Crippen LogP contribution in [0.4, 0.5) is 4.39 Å². The van der Waals surface area contributed by atoms with Crippen LogP contribution in [0, 0.1) is 12.7 Å². The Bertz CT molecular complexity index is 543. The Balaban J connectivity index is 0.000000771. The molecule has 0 aliphatic rings. The lowest BCUT2D eigenvalue weighted by Crippen LogP contribution is -1.96. The van der Waals surface area contributed by atoms with E-state index in [2.05, 4.69) is 0 Å². The van der Waals surface area contributed by atoms with E-state index in [9.17, 15) is 9.18 Å². The van der Waals surface area contributed by atoms with E-state index in [1.807, 2.05) is 32.9 Å². The zero-order valence-electron chi connectivity index (χ0n) is 11.1. The Morgan fingerprint density at radius 2 is 1.83 bits per heavy atom. The van der Waals surface area contributed by atoms with Gasteiger partial charge in [0.15, 0.2) is 5.78 Å². The highest BCUT2D eigenvalue weighted by Crippen LogP contribution is 2.28. The standard InChI is InChI=1S/C13H11FOS.C2H6/c1-8-3-6-13(16-8)10-4-5-11(9(2)15)12(14)7-10;1-2/h3-7H,1-2H3;1-2H3. The lowest BCUT2D eigenvalue weighted by molar-refractivity contribution is 0.101. The summed E-state index contributed by atoms with van der Waals surface area (Å²) in [4.78, 5) is 13.3. The average Bonchev–Trinajstić information content (AvgIpc) is 2.78. The number of thiophene rings is 1. The molecule has 18 heavy (non-hydrogen) atoms. The van der Waals surface area contributed by atoms with Crippen LogP contribution in [0.3, 0.4) is 0 Å². The molecule has 3 heteroatoms. The molecule has 1 aromatic carbocycles. The molecular formula is C15H17FOS. The fourth-order valence-electron chi connectivity index (χ4n) is 1.54. The number of carbonyl (C=O) groups excluding carboxylic acids is 1. The molecule has 0 saturated carbocycles. The van der Waals surface area contributed by atoms with Gasteiger partial charge in [-0.25, -0.2) is 4.39 Å². The van der Waals surface area contributed by atoms with Gasteiger partial charge in [-0.05, 0) is 43.7 Å². The molecule has 0 aliphatic heterocycles. The highest BCUT2D eigenvalue weighted by atomic mass is 32.1. The third-order valence-electron chi connectivity index (χ3n) is 2.37. The summed E-state index contributed by atoms with van der Waals surface area (Å²) in [7, 11) is 0. The molecular weight excluding hydrogens is 247 g/mol. The van der Waals surface area contributed by atoms with Crippen LogP contribution in [0.25, 0.3) is 10.4 Å². The molecule has 2 rings (SSSR count). The third kappa shape index (κ3) is 3.26. The molecule has 1 nitrogen and oxygen atoms in total. The maximum Gasteiger partial charge on any atom is 0.162 e. The molecule has 0 fully saturated rings. The first-order chi connectivity index (χ1) is 8.58. The summed E-state index contributed by atoms with van der Waals surface area (Å²) in [6.45, 7) is 7.38. The summed E-state index contributed by atoms with van der Waals surface area (Å²) >= 11 is 1.61. The molecule has 1 heterocycles. The summed E-state index contributed by atoms with van der Waals surface area (Å²) < 4.78 is 13.6. The van der Waals surface area contributed by atoms with Crippen molar-refractivity contribution in [3.63, 3.8) is 0 Å². The van der Waals surface area contributed by atoms with Crippen molar-refractivity contribution in [2.45, 2.75) is 27.7 Å². The number of aryl methyl sites for hydroxylation is 1. The van der Waals surface area contributed by atoms with Crippen LogP contribution in [0.2, 0.25) is 0 Å². The fourth-order valence-corrected chi connectivity index (χ4v) is 2.41. The number of hydrogen-bond acceptors (Lipinski definition) is 2. The zero-order chi connectivity index (χ0) is 13.7. The van der Waals surface area contributed by atoms with Gasteiger partial charge in [-0.1, -0.05) is 19.9 Å². The minimum absolute atomic E-state index is 0.150. The highest BCUT2D eigenvalue weighted by molar-refractivity contribution is 7.15. The van der Waals surface area contributed by atoms with E-state index in [4.69, 9.17) is 0 Å². The molecule has 0 spiro atoms. The first-order valence-corrected chi connectivity index (χ1v) is 6.77. The smallest absolute Gasteiger partial charge is 0.162 e. The number of halogens is 1. The molecule has 0 amide bonds. The molecule has 96 valence electrons. The van der Waals surface area contributed by atoms with Gasteiger partial charge in [-0.3, -0.25) is 4.79 Å². The second kappa shape index (κ2) is 6.45. The van der Waals surface area contributed by atoms with Crippen LogP contribution in [0.5, 0.6) is 0 Å². The van der Waals surface area contributed by atoms with E-state index in [0.717, 1.165) is 10.4 Å². The number of rotatable bonds is 2. The Morgan fingerprint density at radius 3 is 2.28 bits per heavy atom. The van der Waals surface area contributed by atoms with Crippen LogP contribution in [0.15, 0.2) is 30.3 Å². The predicted octanol–water partition coefficient (Wildman–Crippen LogP) is 5.09. The molecule has 0 atom stereocenters. The van der Waals surface area contributed by atoms with Crippen molar-refractivity contribution in [2.24, 2.45) is 0 Å². The minimum atomic E-state index is -0.448. The van der Waals surface area contributed by atoms with Crippen LogP contribution >= 0.6 is 11.3 Å². The Morgan fingerprint density at radius 1 is 1.17 bits per heavy atom. The van der Waals surface area contributed by atoms with Crippen molar-refractivity contribution < 1.29 is 9.18 Å². The van der Waals surface area contributed by atoms with Gasteiger partial charge in [0.25, 0.3) is 0 Å². The van der Waals surface area contributed by atoms with Gasteiger partial charge in [-0.2, -0.15) is 0 Å². The Hall–Kier alpha value is -1.48. The topological polar surface area (TPSA) is 17.1 Å². The van der Waals surface area contributed by atoms with E-state index in [1.165, 1.54) is 17.9 Å². The predicted molar refractivity (Wildman–Crippen MR) is 75.8 cm³/mol. The molecule has 0 aliphatic carbocycles. The van der Waals surface area contributed by atoms with Gasteiger partial charge in [0.05, 0.1) is 5.56 Å². The minimum Gasteiger partial charge on any atom is -0.294 e. The lowest BCUT2D eigenvalue weighted by Gasteiger charge is -2.01. The zero-order valence-corrected chi connectivity index (χ0v) is 11.9. The average molecular weight is 264 g/mol. The molecule has 0 bridgehead atoms. The van der Waals surface area contributed by atoms with Crippen LogP contribution < -0.4 is 0 Å². The quantitative estimate of drug-likeness (QED) is 0.690. The number of Topliss-reactive ketones (excluding diaryl/α,β-unsaturated/α-hetero) is 1. The molecule has 0 saturated heterocycles. The summed E-state index contributed by atoms with van der Waals surface area (Å²) in [5.41, 5.74) is 0.970. The summed E-state index contributed by atoms with van der Waals surface area (Å²) in [5.74, 6) is -0.692. The van der Waals surface area contributed by atoms with Crippen LogP contribution in [0.1, 0.15) is 36.0 Å². The SMILES string of the molecule is CC.CC(=O)c1ccc(-c2ccc(C)s2)cc1F. The highest BCUT2D eigenvalue weighted by Gasteiger charge is 2.09. The summed E-state index contributed by atoms with van der Waals surface area (Å²) in [6.07, 6.45) is 0. The maximum atomic E-state index is 13.6. The number of carbonyl (C=O) groups is 1. The summed E-state index contributed by atoms with van der Waals surface area (Å²) in [6, 6.07) is 8.70. The largest absolute Gasteiger partial charge is 0.294 e. The second-order valence-corrected chi connectivity index (χ2v) is 4.95. The van der Waals surface area contributed by atoms with Crippen molar-refractivity contribution in [1.29, 1.82) is 0 Å². The van der Waals surface area contributed by atoms with Crippen molar-refractivity contribution in [3.05, 3.63) is 46.6 Å². The lowest BCUT2D eigenvalue weighted by atomic mass is 10.1. The van der Waals surface area contributed by atoms with Gasteiger partial charge >= 0.3 is 0 Å². The van der Waals surface area contributed by atoms with Gasteiger partial charge in [-0.15, -0.1) is 11.3 Å². The van der Waals surface area contributed by atoms with E-state index in [0.29, 0.717) is 0 Å². The monoisotopic (exact) mass is 264 g/mol. The van der Waals surface area contributed by atoms with Crippen molar-refractivity contribution in [2.75, 3.05) is 0 Å². The molecule has 1 aromatic heterocycles. The van der Waals surface area contributed by atoms with Gasteiger partial charge < -0.3 is 0 Å². The van der Waals surface area contributed by atoms with Crippen LogP contribution in [-0.4, -0.2) is 5.78 Å². The van der Waals surface area contributed by atoms with Gasteiger partial charge in [0.2, 0.25) is 0 Å². The number of hydrogen-bond donors (Lipinski definition) is 0. The second-order valence-electron chi connectivity index (χ2n) is 3.66. The maximum absolute atomic E-state index is 13.6. The normalized spacial score (nSPS) is 9.61. The van der Waals surface area contributed by atoms with Gasteiger partial charge in [0, 0.05) is 9.75 Å². The first kappa shape index (κ1) is 14.6. The molecule has 0 unspecified atom stereocenters. The molecule has 0 radical (unpaired) electrons. The van der Waals surface area contributed by atoms with Crippen molar-refractivity contribution in [1.82, 2.24) is 0 Å². The fraction of sp³-hybridized carbons (Fsp3) is 0.267. The molecule has 0 N–H and O–H groups in total. The van der Waals surface area contributed by atoms with E-state index in [-0.39, 0.29) is 11.3 Å². The third-order valence-corrected chi connectivity index (χ3v) is 3.42. The first-order valence-electron chi connectivity index (χ1n) is 5.95.